The van der Waals surface area contributed by atoms with Gasteiger partial charge in [0.25, 0.3) is 0 Å². The molecule has 0 atom stereocenters. The molecular formula is C25H15Y2-3. The molecule has 0 saturated heterocycles. The van der Waals surface area contributed by atoms with Crippen LogP contribution in [0.2, 0.25) is 0 Å². The van der Waals surface area contributed by atoms with Gasteiger partial charge in [0.15, 0.2) is 0 Å². The van der Waals surface area contributed by atoms with Crippen molar-refractivity contribution in [2.75, 3.05) is 0 Å². The molecule has 2 radical (unpaired) electrons. The van der Waals surface area contributed by atoms with E-state index in [1.807, 2.05) is 12.1 Å². The predicted octanol–water partition coefficient (Wildman–Crippen LogP) is 6.59. The molecule has 0 aliphatic carbocycles. The summed E-state index contributed by atoms with van der Waals surface area (Å²) in [5, 5.41) is 7.04. The maximum Gasteiger partial charge on any atom is 0 e. The van der Waals surface area contributed by atoms with Crippen LogP contribution in [0.5, 0.6) is 0 Å². The van der Waals surface area contributed by atoms with Crippen LogP contribution in [0.1, 0.15) is 5.56 Å². The average molecular weight is 493 g/mol. The van der Waals surface area contributed by atoms with Crippen molar-refractivity contribution in [3.63, 3.8) is 0 Å². The molecule has 0 saturated carbocycles. The second-order valence-corrected chi connectivity index (χ2v) is 6.35. The number of hydrogen-bond donors (Lipinski definition) is 0. The van der Waals surface area contributed by atoms with E-state index in [0.717, 1.165) is 27.5 Å². The fourth-order valence-corrected chi connectivity index (χ4v) is 3.61. The van der Waals surface area contributed by atoms with Crippen molar-refractivity contribution in [2.24, 2.45) is 0 Å². The van der Waals surface area contributed by atoms with Crippen molar-refractivity contribution in [3.8, 4) is 11.1 Å². The molecule has 0 amide bonds. The van der Waals surface area contributed by atoms with Crippen LogP contribution in [0.4, 0.5) is 0 Å². The Kier molecular flexibility index (Phi) is 6.54. The summed E-state index contributed by atoms with van der Waals surface area (Å²) >= 11 is 0. The van der Waals surface area contributed by atoms with Crippen molar-refractivity contribution < 1.29 is 65.4 Å². The molecule has 0 aromatic heterocycles. The fourth-order valence-electron chi connectivity index (χ4n) is 3.61. The zero-order valence-electron chi connectivity index (χ0n) is 14.9. The van der Waals surface area contributed by atoms with Crippen molar-refractivity contribution in [1.82, 2.24) is 0 Å². The normalized spacial score (nSPS) is 10.5. The molecule has 0 fully saturated rings. The molecule has 0 N–H and O–H groups in total. The van der Waals surface area contributed by atoms with Gasteiger partial charge in [-0.3, -0.25) is 0 Å². The Morgan fingerprint density at radius 1 is 0.667 bits per heavy atom. The zero-order valence-corrected chi connectivity index (χ0v) is 20.5. The van der Waals surface area contributed by atoms with Crippen LogP contribution in [-0.4, -0.2) is 0 Å². The molecule has 0 aliphatic heterocycles. The summed E-state index contributed by atoms with van der Waals surface area (Å²) in [7, 11) is 0. The van der Waals surface area contributed by atoms with E-state index in [0.29, 0.717) is 0 Å². The standard InChI is InChI=1S/C25H15.2Y/c1-17-23(22-13-10-18-6-2-3-8-21(18)16-22)15-14-20-12-11-19-7-4-5-9-24(19)25(17)20;;/h2-8,10-15H,1H2;;/q-3;;. The predicted molar refractivity (Wildman–Crippen MR) is 107 cm³/mol. The summed E-state index contributed by atoms with van der Waals surface area (Å²) in [6.07, 6.45) is 0. The molecule has 0 nitrogen and oxygen atoms in total. The van der Waals surface area contributed by atoms with E-state index in [2.05, 4.69) is 85.8 Å². The Balaban J connectivity index is 0.00000105. The van der Waals surface area contributed by atoms with Gasteiger partial charge in [0, 0.05) is 65.4 Å². The topological polar surface area (TPSA) is 0 Å². The molecule has 0 bridgehead atoms. The van der Waals surface area contributed by atoms with Gasteiger partial charge in [0.1, 0.15) is 0 Å². The first-order valence-electron chi connectivity index (χ1n) is 8.41. The van der Waals surface area contributed by atoms with E-state index in [-0.39, 0.29) is 65.4 Å². The number of rotatable bonds is 1. The van der Waals surface area contributed by atoms with E-state index in [9.17, 15) is 0 Å². The van der Waals surface area contributed by atoms with E-state index in [1.54, 1.807) is 0 Å². The van der Waals surface area contributed by atoms with Crippen LogP contribution in [-0.2, 0) is 65.4 Å². The van der Waals surface area contributed by atoms with E-state index in [4.69, 9.17) is 0 Å². The third kappa shape index (κ3) is 3.66. The first-order chi connectivity index (χ1) is 12.3. The number of benzene rings is 5. The van der Waals surface area contributed by atoms with Crippen LogP contribution >= 0.6 is 0 Å². The van der Waals surface area contributed by atoms with Gasteiger partial charge in [-0.15, -0.1) is 81.2 Å². The Bertz CT molecular complexity index is 1260. The third-order valence-corrected chi connectivity index (χ3v) is 4.88. The molecule has 0 spiro atoms. The minimum absolute atomic E-state index is 0. The number of fused-ring (bicyclic) bond motifs is 4. The fraction of sp³-hybridized carbons (Fsp3) is 0. The molecule has 27 heavy (non-hydrogen) atoms. The summed E-state index contributed by atoms with van der Waals surface area (Å²) in [4.78, 5) is 0. The second-order valence-electron chi connectivity index (χ2n) is 6.35. The molecule has 0 aliphatic rings. The molecule has 0 heterocycles. The van der Waals surface area contributed by atoms with Crippen LogP contribution in [0.15, 0.2) is 78.9 Å². The molecule has 5 aromatic rings. The Morgan fingerprint density at radius 3 is 2.26 bits per heavy atom. The van der Waals surface area contributed by atoms with Gasteiger partial charge >= 0.3 is 0 Å². The molecular weight excluding hydrogens is 478 g/mol. The first kappa shape index (κ1) is 20.7. The van der Waals surface area contributed by atoms with E-state index < -0.39 is 0 Å². The van der Waals surface area contributed by atoms with E-state index in [1.165, 1.54) is 21.5 Å². The summed E-state index contributed by atoms with van der Waals surface area (Å²) in [6.45, 7) is 4.42. The van der Waals surface area contributed by atoms with Crippen molar-refractivity contribution in [2.45, 2.75) is 0 Å². The first-order valence-corrected chi connectivity index (χ1v) is 8.41. The summed E-state index contributed by atoms with van der Waals surface area (Å²) in [6, 6.07) is 34.3. The maximum atomic E-state index is 4.42. The van der Waals surface area contributed by atoms with Crippen LogP contribution in [0, 0.1) is 19.1 Å². The summed E-state index contributed by atoms with van der Waals surface area (Å²) in [5.41, 5.74) is 3.25. The molecule has 2 heteroatoms. The average Bonchev–Trinajstić information content (AvgIpc) is 2.67. The zero-order chi connectivity index (χ0) is 16.8. The summed E-state index contributed by atoms with van der Waals surface area (Å²) < 4.78 is 0. The molecule has 124 valence electrons. The van der Waals surface area contributed by atoms with Gasteiger partial charge in [0.2, 0.25) is 0 Å². The molecule has 5 aromatic carbocycles. The smallest absolute Gasteiger partial charge is 0 e. The van der Waals surface area contributed by atoms with Gasteiger partial charge in [0.05, 0.1) is 0 Å². The second kappa shape index (κ2) is 8.54. The van der Waals surface area contributed by atoms with Gasteiger partial charge in [-0.2, -0.15) is 6.92 Å². The van der Waals surface area contributed by atoms with Gasteiger partial charge in [-0.1, -0.05) is 58.8 Å². The Labute approximate surface area is 210 Å². The van der Waals surface area contributed by atoms with Crippen molar-refractivity contribution >= 4 is 32.3 Å². The van der Waals surface area contributed by atoms with Gasteiger partial charge in [-0.25, -0.2) is 0 Å². The van der Waals surface area contributed by atoms with Crippen molar-refractivity contribution in [3.05, 3.63) is 103 Å². The Morgan fingerprint density at radius 2 is 1.37 bits per heavy atom. The van der Waals surface area contributed by atoms with Crippen LogP contribution in [0.3, 0.4) is 0 Å². The maximum absolute atomic E-state index is 4.42. The largest absolute Gasteiger partial charge is 0.190 e. The van der Waals surface area contributed by atoms with E-state index >= 15 is 0 Å². The minimum Gasteiger partial charge on any atom is -0.190 e. The monoisotopic (exact) mass is 493 g/mol. The Hall–Kier alpha value is -1.04. The number of hydrogen-bond acceptors (Lipinski definition) is 0. The molecule has 5 rings (SSSR count). The van der Waals surface area contributed by atoms with Crippen molar-refractivity contribution in [1.29, 1.82) is 0 Å². The van der Waals surface area contributed by atoms with Gasteiger partial charge < -0.3 is 0 Å². The quantitative estimate of drug-likeness (QED) is 0.183. The SMILES string of the molecule is [CH2-]c1c(-c2[c-]c3ccccc3cc2)ccc2ccc3ccc[c-]c3c12.[Y].[Y]. The molecule has 0 unspecified atom stereocenters. The third-order valence-electron chi connectivity index (χ3n) is 4.88. The van der Waals surface area contributed by atoms with Crippen LogP contribution in [0.25, 0.3) is 43.4 Å². The minimum atomic E-state index is 0. The van der Waals surface area contributed by atoms with Gasteiger partial charge in [-0.05, 0) is 0 Å². The summed E-state index contributed by atoms with van der Waals surface area (Å²) in [5.74, 6) is 0. The van der Waals surface area contributed by atoms with Crippen LogP contribution < -0.4 is 0 Å².